The minimum absolute atomic E-state index is 0.155. The van der Waals surface area contributed by atoms with Crippen LogP contribution in [0.3, 0.4) is 0 Å². The SMILES string of the molecule is CC(c1ccc(S(C)(=O)=O)cc1)N(C)C(=O)/C=C/c1cnn(-c2ccccc2)c1. The molecule has 0 saturated carbocycles. The number of carbonyl (C=O) groups is 1. The van der Waals surface area contributed by atoms with Crippen molar-refractivity contribution in [3.05, 3.63) is 84.2 Å². The summed E-state index contributed by atoms with van der Waals surface area (Å²) in [6.45, 7) is 1.90. The van der Waals surface area contributed by atoms with E-state index in [0.29, 0.717) is 0 Å². The van der Waals surface area contributed by atoms with E-state index in [1.54, 1.807) is 53.2 Å². The minimum Gasteiger partial charge on any atom is -0.335 e. The highest BCUT2D eigenvalue weighted by Gasteiger charge is 2.16. The van der Waals surface area contributed by atoms with Crippen LogP contribution < -0.4 is 0 Å². The molecule has 0 bridgehead atoms. The van der Waals surface area contributed by atoms with Gasteiger partial charge in [0.2, 0.25) is 5.91 Å². The van der Waals surface area contributed by atoms with Gasteiger partial charge >= 0.3 is 0 Å². The van der Waals surface area contributed by atoms with Gasteiger partial charge in [0, 0.05) is 31.1 Å². The van der Waals surface area contributed by atoms with E-state index in [-0.39, 0.29) is 16.8 Å². The number of sulfone groups is 1. The van der Waals surface area contributed by atoms with Gasteiger partial charge < -0.3 is 4.90 Å². The summed E-state index contributed by atoms with van der Waals surface area (Å²) in [6, 6.07) is 16.1. The highest BCUT2D eigenvalue weighted by molar-refractivity contribution is 7.90. The van der Waals surface area contributed by atoms with Gasteiger partial charge in [0.15, 0.2) is 9.84 Å². The monoisotopic (exact) mass is 409 g/mol. The summed E-state index contributed by atoms with van der Waals surface area (Å²) in [4.78, 5) is 14.4. The molecule has 3 rings (SSSR count). The lowest BCUT2D eigenvalue weighted by Gasteiger charge is -2.24. The number of rotatable bonds is 6. The van der Waals surface area contributed by atoms with Crippen molar-refractivity contribution in [3.8, 4) is 5.69 Å². The van der Waals surface area contributed by atoms with Crippen LogP contribution in [0.1, 0.15) is 24.1 Å². The Hall–Kier alpha value is -3.19. The van der Waals surface area contributed by atoms with Gasteiger partial charge in [-0.2, -0.15) is 5.10 Å². The van der Waals surface area contributed by atoms with Crippen molar-refractivity contribution in [1.29, 1.82) is 0 Å². The van der Waals surface area contributed by atoms with Crippen LogP contribution in [0.25, 0.3) is 11.8 Å². The second-order valence-electron chi connectivity index (χ2n) is 6.85. The van der Waals surface area contributed by atoms with E-state index < -0.39 is 9.84 Å². The Morgan fingerprint density at radius 2 is 1.76 bits per heavy atom. The number of carbonyl (C=O) groups excluding carboxylic acids is 1. The Labute approximate surface area is 171 Å². The van der Waals surface area contributed by atoms with E-state index in [1.165, 1.54) is 12.3 Å². The summed E-state index contributed by atoms with van der Waals surface area (Å²) in [7, 11) is -1.52. The van der Waals surface area contributed by atoms with Crippen molar-refractivity contribution in [2.45, 2.75) is 17.9 Å². The molecule has 0 radical (unpaired) electrons. The number of para-hydroxylation sites is 1. The fourth-order valence-electron chi connectivity index (χ4n) is 2.84. The molecule has 0 saturated heterocycles. The van der Waals surface area contributed by atoms with Crippen LogP contribution in [0.4, 0.5) is 0 Å². The zero-order chi connectivity index (χ0) is 21.0. The molecule has 1 atom stereocenters. The van der Waals surface area contributed by atoms with Crippen LogP contribution in [0.15, 0.2) is 78.0 Å². The summed E-state index contributed by atoms with van der Waals surface area (Å²) in [5.74, 6) is -0.155. The fraction of sp³-hybridized carbons (Fsp3) is 0.182. The molecule has 7 heteroatoms. The molecule has 0 aliphatic heterocycles. The third-order valence-electron chi connectivity index (χ3n) is 4.76. The first-order valence-corrected chi connectivity index (χ1v) is 11.0. The molecule has 1 aromatic heterocycles. The number of benzene rings is 2. The Morgan fingerprint density at radius 3 is 2.38 bits per heavy atom. The zero-order valence-electron chi connectivity index (χ0n) is 16.6. The number of hydrogen-bond donors (Lipinski definition) is 0. The highest BCUT2D eigenvalue weighted by atomic mass is 32.2. The van der Waals surface area contributed by atoms with Gasteiger partial charge in [-0.25, -0.2) is 13.1 Å². The first kappa shape index (κ1) is 20.5. The van der Waals surface area contributed by atoms with E-state index in [4.69, 9.17) is 0 Å². The molecular weight excluding hydrogens is 386 g/mol. The van der Waals surface area contributed by atoms with E-state index in [2.05, 4.69) is 5.10 Å². The van der Waals surface area contributed by atoms with Crippen LogP contribution in [0.5, 0.6) is 0 Å². The van der Waals surface area contributed by atoms with E-state index in [1.807, 2.05) is 43.5 Å². The van der Waals surface area contributed by atoms with Crippen molar-refractivity contribution in [2.24, 2.45) is 0 Å². The maximum atomic E-state index is 12.6. The summed E-state index contributed by atoms with van der Waals surface area (Å²) < 4.78 is 24.9. The third kappa shape index (κ3) is 5.00. The van der Waals surface area contributed by atoms with Gasteiger partial charge in [0.25, 0.3) is 0 Å². The van der Waals surface area contributed by atoms with Crippen LogP contribution in [-0.4, -0.2) is 42.3 Å². The Kier molecular flexibility index (Phi) is 5.98. The predicted octanol–water partition coefficient (Wildman–Crippen LogP) is 3.51. The Balaban J connectivity index is 1.68. The average Bonchev–Trinajstić information content (AvgIpc) is 3.20. The third-order valence-corrected chi connectivity index (χ3v) is 5.89. The van der Waals surface area contributed by atoms with E-state index in [0.717, 1.165) is 16.8 Å². The fourth-order valence-corrected chi connectivity index (χ4v) is 3.47. The van der Waals surface area contributed by atoms with Crippen molar-refractivity contribution in [2.75, 3.05) is 13.3 Å². The molecule has 6 nitrogen and oxygen atoms in total. The quantitative estimate of drug-likeness (QED) is 0.584. The molecule has 2 aromatic carbocycles. The molecule has 0 N–H and O–H groups in total. The molecule has 1 unspecified atom stereocenters. The van der Waals surface area contributed by atoms with Gasteiger partial charge in [-0.3, -0.25) is 4.79 Å². The van der Waals surface area contributed by atoms with Gasteiger partial charge in [0.1, 0.15) is 0 Å². The van der Waals surface area contributed by atoms with Crippen molar-refractivity contribution < 1.29 is 13.2 Å². The predicted molar refractivity (Wildman–Crippen MR) is 113 cm³/mol. The van der Waals surface area contributed by atoms with Crippen LogP contribution >= 0.6 is 0 Å². The molecule has 1 heterocycles. The summed E-state index contributed by atoms with van der Waals surface area (Å²) >= 11 is 0. The topological polar surface area (TPSA) is 72.3 Å². The smallest absolute Gasteiger partial charge is 0.246 e. The molecule has 0 aliphatic rings. The number of aromatic nitrogens is 2. The van der Waals surface area contributed by atoms with Crippen molar-refractivity contribution in [3.63, 3.8) is 0 Å². The number of nitrogens with zero attached hydrogens (tertiary/aromatic N) is 3. The standard InChI is InChI=1S/C22H23N3O3S/c1-17(19-10-12-21(13-11-19)29(3,27)28)24(2)22(26)14-9-18-15-23-25(16-18)20-7-5-4-6-8-20/h4-17H,1-3H3/b14-9+. The Morgan fingerprint density at radius 1 is 1.10 bits per heavy atom. The second kappa shape index (κ2) is 8.45. The average molecular weight is 410 g/mol. The van der Waals surface area contributed by atoms with Crippen LogP contribution in [0, 0.1) is 0 Å². The number of likely N-dealkylation sites (N-methyl/N-ethyl adjacent to an activating group) is 1. The molecule has 1 amide bonds. The molecule has 0 fully saturated rings. The molecule has 3 aromatic rings. The first-order chi connectivity index (χ1) is 13.8. The summed E-state index contributed by atoms with van der Waals surface area (Å²) in [5.41, 5.74) is 2.63. The first-order valence-electron chi connectivity index (χ1n) is 9.10. The highest BCUT2D eigenvalue weighted by Crippen LogP contribution is 2.21. The van der Waals surface area contributed by atoms with Crippen LogP contribution in [-0.2, 0) is 14.6 Å². The van der Waals surface area contributed by atoms with Gasteiger partial charge in [-0.05, 0) is 42.8 Å². The molecule has 0 spiro atoms. The summed E-state index contributed by atoms with van der Waals surface area (Å²) in [6.07, 6.45) is 7.96. The normalized spacial score (nSPS) is 12.8. The second-order valence-corrected chi connectivity index (χ2v) is 8.87. The van der Waals surface area contributed by atoms with Crippen LogP contribution in [0.2, 0.25) is 0 Å². The molecule has 29 heavy (non-hydrogen) atoms. The lowest BCUT2D eigenvalue weighted by molar-refractivity contribution is -0.126. The lowest BCUT2D eigenvalue weighted by atomic mass is 10.1. The van der Waals surface area contributed by atoms with Gasteiger partial charge in [0.05, 0.1) is 22.8 Å². The zero-order valence-corrected chi connectivity index (χ0v) is 17.4. The molecule has 150 valence electrons. The van der Waals surface area contributed by atoms with Gasteiger partial charge in [-0.1, -0.05) is 30.3 Å². The van der Waals surface area contributed by atoms with Gasteiger partial charge in [-0.15, -0.1) is 0 Å². The van der Waals surface area contributed by atoms with Crippen molar-refractivity contribution in [1.82, 2.24) is 14.7 Å². The van der Waals surface area contributed by atoms with E-state index in [9.17, 15) is 13.2 Å². The Bertz CT molecular complexity index is 1120. The maximum absolute atomic E-state index is 12.6. The van der Waals surface area contributed by atoms with Crippen molar-refractivity contribution >= 4 is 21.8 Å². The molecular formula is C22H23N3O3S. The lowest BCUT2D eigenvalue weighted by Crippen LogP contribution is -2.28. The molecule has 0 aliphatic carbocycles. The minimum atomic E-state index is -3.24. The number of hydrogen-bond acceptors (Lipinski definition) is 4. The maximum Gasteiger partial charge on any atom is 0.246 e. The summed E-state index contributed by atoms with van der Waals surface area (Å²) in [5, 5.41) is 4.31. The number of amides is 1. The van der Waals surface area contributed by atoms with E-state index >= 15 is 0 Å². The largest absolute Gasteiger partial charge is 0.335 e.